The lowest BCUT2D eigenvalue weighted by atomic mass is 9.87. The number of rotatable bonds is 3. The van der Waals surface area contributed by atoms with E-state index in [1.54, 1.807) is 17.0 Å². The maximum absolute atomic E-state index is 13.7. The van der Waals surface area contributed by atoms with Gasteiger partial charge in [-0.3, -0.25) is 14.8 Å². The first-order valence-electron chi connectivity index (χ1n) is 9.30. The smallest absolute Gasteiger partial charge is 0.273 e. The van der Waals surface area contributed by atoms with Crippen LogP contribution in [0.2, 0.25) is 0 Å². The number of carbonyl (C=O) groups is 1. The van der Waals surface area contributed by atoms with Gasteiger partial charge in [0.15, 0.2) is 5.60 Å². The zero-order valence-electron chi connectivity index (χ0n) is 15.5. The minimum atomic E-state index is -1.76. The van der Waals surface area contributed by atoms with Gasteiger partial charge >= 0.3 is 0 Å². The summed E-state index contributed by atoms with van der Waals surface area (Å²) >= 11 is 1.13. The standard InChI is InChI=1S/C23H19N3O2S/c24-29-17-10-8-16(9-11-17)23(28)19-5-1-2-6-21(19)26(22(23)27)20-7-3-4-15-14-25-13-12-18(15)20/h1-13,25,28H,14,24H2. The van der Waals surface area contributed by atoms with Crippen LogP contribution in [0.25, 0.3) is 6.08 Å². The molecule has 0 saturated carbocycles. The highest BCUT2D eigenvalue weighted by molar-refractivity contribution is 7.97. The quantitative estimate of drug-likeness (QED) is 0.584. The fourth-order valence-corrected chi connectivity index (χ4v) is 4.40. The monoisotopic (exact) mass is 401 g/mol. The molecule has 0 fully saturated rings. The Morgan fingerprint density at radius 2 is 1.76 bits per heavy atom. The predicted molar refractivity (Wildman–Crippen MR) is 115 cm³/mol. The third-order valence-electron chi connectivity index (χ3n) is 5.53. The minimum Gasteiger partial charge on any atom is -0.387 e. The van der Waals surface area contributed by atoms with Crippen molar-refractivity contribution >= 4 is 35.3 Å². The Hall–Kier alpha value is -3.06. The zero-order chi connectivity index (χ0) is 20.0. The number of nitrogens with one attached hydrogen (secondary N) is 1. The summed E-state index contributed by atoms with van der Waals surface area (Å²) in [5, 5.41) is 20.5. The first kappa shape index (κ1) is 18.0. The van der Waals surface area contributed by atoms with Crippen molar-refractivity contribution in [3.8, 4) is 0 Å². The minimum absolute atomic E-state index is 0.382. The second-order valence-corrected chi connectivity index (χ2v) is 7.78. The molecule has 29 heavy (non-hydrogen) atoms. The average Bonchev–Trinajstić information content (AvgIpc) is 3.01. The van der Waals surface area contributed by atoms with E-state index in [9.17, 15) is 9.90 Å². The number of hydrogen-bond acceptors (Lipinski definition) is 5. The van der Waals surface area contributed by atoms with Crippen molar-refractivity contribution in [2.75, 3.05) is 4.90 Å². The van der Waals surface area contributed by atoms with Crippen molar-refractivity contribution in [2.24, 2.45) is 5.14 Å². The number of fused-ring (bicyclic) bond motifs is 2. The van der Waals surface area contributed by atoms with Crippen LogP contribution in [0.1, 0.15) is 22.3 Å². The Kier molecular flexibility index (Phi) is 4.20. The molecule has 0 spiro atoms. The maximum Gasteiger partial charge on any atom is 0.273 e. The fraction of sp³-hybridized carbons (Fsp3) is 0.0870. The summed E-state index contributed by atoms with van der Waals surface area (Å²) in [5.74, 6) is -0.382. The van der Waals surface area contributed by atoms with Crippen LogP contribution < -0.4 is 15.4 Å². The molecule has 3 aromatic carbocycles. The van der Waals surface area contributed by atoms with Crippen molar-refractivity contribution in [2.45, 2.75) is 17.0 Å². The van der Waals surface area contributed by atoms with Gasteiger partial charge in [-0.2, -0.15) is 0 Å². The average molecular weight is 401 g/mol. The van der Waals surface area contributed by atoms with Gasteiger partial charge in [-0.05, 0) is 59.6 Å². The Bertz CT molecular complexity index is 1140. The molecule has 6 heteroatoms. The fourth-order valence-electron chi connectivity index (χ4n) is 4.11. The van der Waals surface area contributed by atoms with E-state index in [-0.39, 0.29) is 5.91 Å². The molecule has 2 aliphatic heterocycles. The second kappa shape index (κ2) is 6.77. The highest BCUT2D eigenvalue weighted by atomic mass is 32.2. The van der Waals surface area contributed by atoms with Crippen molar-refractivity contribution in [1.82, 2.24) is 5.32 Å². The molecule has 4 N–H and O–H groups in total. The number of anilines is 2. The molecule has 0 aliphatic carbocycles. The van der Waals surface area contributed by atoms with Gasteiger partial charge < -0.3 is 10.4 Å². The third-order valence-corrected chi connectivity index (χ3v) is 6.07. The summed E-state index contributed by atoms with van der Waals surface area (Å²) in [6.45, 7) is 0.700. The lowest BCUT2D eigenvalue weighted by Crippen LogP contribution is -2.39. The number of benzene rings is 3. The van der Waals surface area contributed by atoms with Gasteiger partial charge in [-0.1, -0.05) is 42.5 Å². The summed E-state index contributed by atoms with van der Waals surface area (Å²) in [7, 11) is 0. The van der Waals surface area contributed by atoms with Crippen LogP contribution in [0.4, 0.5) is 11.4 Å². The summed E-state index contributed by atoms with van der Waals surface area (Å²) in [6.07, 6.45) is 3.85. The van der Waals surface area contributed by atoms with E-state index in [2.05, 4.69) is 5.32 Å². The normalized spacial score (nSPS) is 19.7. The number of aliphatic hydroxyl groups is 1. The second-order valence-electron chi connectivity index (χ2n) is 7.07. The number of nitrogens with zero attached hydrogens (tertiary/aromatic N) is 1. The Labute approximate surface area is 173 Å². The topological polar surface area (TPSA) is 78.6 Å². The van der Waals surface area contributed by atoms with Crippen molar-refractivity contribution in [3.05, 3.63) is 95.2 Å². The SMILES string of the molecule is NSc1ccc(C2(O)C(=O)N(c3cccc4c3C=CNC4)c3ccccc32)cc1. The van der Waals surface area contributed by atoms with Crippen molar-refractivity contribution in [3.63, 3.8) is 0 Å². The summed E-state index contributed by atoms with van der Waals surface area (Å²) in [6, 6.07) is 20.5. The van der Waals surface area contributed by atoms with Crippen LogP contribution in [0.3, 0.4) is 0 Å². The van der Waals surface area contributed by atoms with Gasteiger partial charge in [0.1, 0.15) is 0 Å². The molecule has 0 radical (unpaired) electrons. The molecule has 3 aromatic rings. The molecule has 2 heterocycles. The van der Waals surface area contributed by atoms with E-state index in [1.165, 1.54) is 0 Å². The number of nitrogens with two attached hydrogens (primary N) is 1. The molecule has 0 saturated heterocycles. The van der Waals surface area contributed by atoms with E-state index in [0.717, 1.165) is 33.7 Å². The third kappa shape index (κ3) is 2.61. The van der Waals surface area contributed by atoms with Crippen LogP contribution in [0.15, 0.2) is 77.8 Å². The van der Waals surface area contributed by atoms with E-state index in [4.69, 9.17) is 5.14 Å². The van der Waals surface area contributed by atoms with Crippen LogP contribution in [-0.2, 0) is 16.9 Å². The Balaban J connectivity index is 1.71. The first-order valence-corrected chi connectivity index (χ1v) is 10.2. The van der Waals surface area contributed by atoms with Crippen LogP contribution in [0, 0.1) is 0 Å². The molecule has 5 nitrogen and oxygen atoms in total. The largest absolute Gasteiger partial charge is 0.387 e. The number of hydrogen-bond donors (Lipinski definition) is 3. The number of carbonyl (C=O) groups excluding carboxylic acids is 1. The van der Waals surface area contributed by atoms with Gasteiger partial charge in [0.05, 0.1) is 11.4 Å². The molecule has 0 bridgehead atoms. The van der Waals surface area contributed by atoms with E-state index >= 15 is 0 Å². The molecule has 1 atom stereocenters. The molecule has 1 unspecified atom stereocenters. The molecular weight excluding hydrogens is 382 g/mol. The van der Waals surface area contributed by atoms with Gasteiger partial charge in [0.25, 0.3) is 5.91 Å². The van der Waals surface area contributed by atoms with Crippen LogP contribution >= 0.6 is 11.9 Å². The lowest BCUT2D eigenvalue weighted by Gasteiger charge is -2.26. The van der Waals surface area contributed by atoms with E-state index < -0.39 is 5.60 Å². The maximum atomic E-state index is 13.7. The van der Waals surface area contributed by atoms with E-state index in [1.807, 2.05) is 66.9 Å². The molecule has 1 amide bonds. The summed E-state index contributed by atoms with van der Waals surface area (Å²) < 4.78 is 0. The van der Waals surface area contributed by atoms with Crippen LogP contribution in [0.5, 0.6) is 0 Å². The Morgan fingerprint density at radius 1 is 1.00 bits per heavy atom. The number of para-hydroxylation sites is 1. The summed E-state index contributed by atoms with van der Waals surface area (Å²) in [4.78, 5) is 16.2. The first-order chi connectivity index (χ1) is 14.1. The lowest BCUT2D eigenvalue weighted by molar-refractivity contribution is -0.131. The summed E-state index contributed by atoms with van der Waals surface area (Å²) in [5.41, 5.74) is 2.89. The van der Waals surface area contributed by atoms with Crippen molar-refractivity contribution in [1.29, 1.82) is 0 Å². The highest BCUT2D eigenvalue weighted by Crippen LogP contribution is 2.48. The number of amides is 1. The Morgan fingerprint density at radius 3 is 2.55 bits per heavy atom. The predicted octanol–water partition coefficient (Wildman–Crippen LogP) is 3.64. The van der Waals surface area contributed by atoms with Crippen molar-refractivity contribution < 1.29 is 9.90 Å². The molecular formula is C23H19N3O2S. The highest BCUT2D eigenvalue weighted by Gasteiger charge is 2.51. The van der Waals surface area contributed by atoms with Gasteiger partial charge in [-0.25, -0.2) is 0 Å². The molecule has 0 aromatic heterocycles. The van der Waals surface area contributed by atoms with Gasteiger partial charge in [-0.15, -0.1) is 0 Å². The van der Waals surface area contributed by atoms with Crippen LogP contribution in [-0.4, -0.2) is 11.0 Å². The van der Waals surface area contributed by atoms with E-state index in [0.29, 0.717) is 23.4 Å². The zero-order valence-corrected chi connectivity index (χ0v) is 16.3. The molecule has 2 aliphatic rings. The molecule has 5 rings (SSSR count). The van der Waals surface area contributed by atoms with Gasteiger partial charge in [0, 0.05) is 22.6 Å². The molecule has 144 valence electrons. The van der Waals surface area contributed by atoms with Gasteiger partial charge in [0.2, 0.25) is 0 Å².